The van der Waals surface area contributed by atoms with Crippen LogP contribution in [0.5, 0.6) is 5.75 Å². The molecule has 0 amide bonds. The molecular weight excluding hydrogens is 421 g/mol. The number of tetrazole rings is 1. The van der Waals surface area contributed by atoms with E-state index in [0.717, 1.165) is 23.3 Å². The van der Waals surface area contributed by atoms with Crippen LogP contribution in [0.1, 0.15) is 56.0 Å². The minimum absolute atomic E-state index is 0.0941. The van der Waals surface area contributed by atoms with Crippen molar-refractivity contribution in [1.82, 2.24) is 35.0 Å². The smallest absolute Gasteiger partial charge is 0.208 e. The number of ether oxygens (including phenoxy) is 1. The number of benzene rings is 2. The van der Waals surface area contributed by atoms with E-state index in [1.165, 1.54) is 9.48 Å². The molecule has 1 atom stereocenters. The van der Waals surface area contributed by atoms with Crippen molar-refractivity contribution < 1.29 is 9.13 Å². The lowest BCUT2D eigenvalue weighted by atomic mass is 9.93. The molecule has 0 fully saturated rings. The summed E-state index contributed by atoms with van der Waals surface area (Å²) in [5.41, 5.74) is 2.94. The normalized spacial score (nSPS) is 12.3. The number of hydrogen-bond acceptors (Lipinski definition) is 6. The van der Waals surface area contributed by atoms with Crippen molar-refractivity contribution in [2.75, 3.05) is 7.11 Å². The van der Waals surface area contributed by atoms with Crippen molar-refractivity contribution >= 4 is 0 Å². The van der Waals surface area contributed by atoms with Crippen molar-refractivity contribution in [3.63, 3.8) is 0 Å². The van der Waals surface area contributed by atoms with Gasteiger partial charge in [0.1, 0.15) is 17.8 Å². The minimum atomic E-state index is -0.253. The molecule has 0 saturated heterocycles. The maximum Gasteiger partial charge on any atom is 0.208 e. The van der Waals surface area contributed by atoms with Gasteiger partial charge >= 0.3 is 0 Å². The molecule has 0 aliphatic heterocycles. The number of aromatic nitrogens is 7. The van der Waals surface area contributed by atoms with Gasteiger partial charge in [0.25, 0.3) is 0 Å². The van der Waals surface area contributed by atoms with Crippen LogP contribution in [0.4, 0.5) is 4.39 Å². The van der Waals surface area contributed by atoms with Gasteiger partial charge in [-0.05, 0) is 46.7 Å². The van der Waals surface area contributed by atoms with Crippen molar-refractivity contribution in [2.24, 2.45) is 7.05 Å². The molecule has 0 N–H and O–H groups in total. The number of para-hydroxylation sites is 1. The highest BCUT2D eigenvalue weighted by molar-refractivity contribution is 5.66. The van der Waals surface area contributed by atoms with E-state index in [-0.39, 0.29) is 17.7 Å². The quantitative estimate of drug-likeness (QED) is 0.395. The average molecular weight is 450 g/mol. The Bertz CT molecular complexity index is 1250. The first-order chi connectivity index (χ1) is 15.9. The van der Waals surface area contributed by atoms with Gasteiger partial charge in [-0.25, -0.2) is 14.1 Å². The third kappa shape index (κ3) is 4.62. The molecule has 0 aliphatic rings. The fourth-order valence-corrected chi connectivity index (χ4v) is 3.93. The monoisotopic (exact) mass is 449 g/mol. The molecule has 1 unspecified atom stereocenters. The lowest BCUT2D eigenvalue weighted by Crippen LogP contribution is -2.04. The number of nitrogens with zero attached hydrogens (tertiary/aromatic N) is 7. The third-order valence-corrected chi connectivity index (χ3v) is 5.75. The van der Waals surface area contributed by atoms with Crippen molar-refractivity contribution in [1.29, 1.82) is 0 Å². The SMILES string of the molecule is COc1c(-c2nnn(C)n2)cccc1C(C)CCc1ncn(-c2cccc(C(C)C)c2F)n1. The van der Waals surface area contributed by atoms with Gasteiger partial charge in [0, 0.05) is 6.42 Å². The van der Waals surface area contributed by atoms with E-state index in [9.17, 15) is 4.39 Å². The van der Waals surface area contributed by atoms with Crippen LogP contribution in [0.25, 0.3) is 17.1 Å². The highest BCUT2D eigenvalue weighted by atomic mass is 19.1. The largest absolute Gasteiger partial charge is 0.496 e. The second kappa shape index (κ2) is 9.48. The summed E-state index contributed by atoms with van der Waals surface area (Å²) in [6.07, 6.45) is 3.02. The van der Waals surface area contributed by atoms with E-state index in [2.05, 4.69) is 32.4 Å². The summed E-state index contributed by atoms with van der Waals surface area (Å²) in [6.45, 7) is 6.08. The molecule has 9 heteroatoms. The first-order valence-corrected chi connectivity index (χ1v) is 11.0. The molecule has 172 valence electrons. The Labute approximate surface area is 192 Å². The number of rotatable bonds is 8. The zero-order valence-electron chi connectivity index (χ0n) is 19.5. The van der Waals surface area contributed by atoms with Gasteiger partial charge in [-0.15, -0.1) is 10.2 Å². The van der Waals surface area contributed by atoms with E-state index >= 15 is 0 Å². The summed E-state index contributed by atoms with van der Waals surface area (Å²) in [4.78, 5) is 5.83. The Balaban J connectivity index is 1.51. The van der Waals surface area contributed by atoms with Crippen LogP contribution in [0.2, 0.25) is 0 Å². The molecule has 33 heavy (non-hydrogen) atoms. The summed E-state index contributed by atoms with van der Waals surface area (Å²) < 4.78 is 22.1. The minimum Gasteiger partial charge on any atom is -0.496 e. The number of hydrogen-bond donors (Lipinski definition) is 0. The van der Waals surface area contributed by atoms with E-state index in [0.29, 0.717) is 29.3 Å². The van der Waals surface area contributed by atoms with Crippen LogP contribution in [-0.2, 0) is 13.5 Å². The maximum atomic E-state index is 14.9. The topological polar surface area (TPSA) is 83.5 Å². The molecule has 4 aromatic rings. The fraction of sp³-hybridized carbons (Fsp3) is 0.375. The van der Waals surface area contributed by atoms with Gasteiger partial charge in [0.15, 0.2) is 11.6 Å². The van der Waals surface area contributed by atoms with E-state index in [4.69, 9.17) is 4.74 Å². The summed E-state index contributed by atoms with van der Waals surface area (Å²) in [5.74, 6) is 1.94. The molecule has 0 saturated carbocycles. The zero-order chi connectivity index (χ0) is 23.5. The lowest BCUT2D eigenvalue weighted by molar-refractivity contribution is 0.406. The van der Waals surface area contributed by atoms with Gasteiger partial charge in [0.05, 0.1) is 19.7 Å². The summed E-state index contributed by atoms with van der Waals surface area (Å²) >= 11 is 0. The van der Waals surface area contributed by atoms with E-state index in [1.807, 2.05) is 38.1 Å². The third-order valence-electron chi connectivity index (χ3n) is 5.75. The second-order valence-electron chi connectivity index (χ2n) is 8.41. The second-order valence-corrected chi connectivity index (χ2v) is 8.41. The summed E-state index contributed by atoms with van der Waals surface area (Å²) in [5, 5.41) is 16.9. The van der Waals surface area contributed by atoms with Gasteiger partial charge in [-0.1, -0.05) is 45.0 Å². The maximum absolute atomic E-state index is 14.9. The van der Waals surface area contributed by atoms with E-state index < -0.39 is 0 Å². The highest BCUT2D eigenvalue weighted by Crippen LogP contribution is 2.36. The molecule has 0 bridgehead atoms. The van der Waals surface area contributed by atoms with Crippen LogP contribution in [-0.4, -0.2) is 42.1 Å². The van der Waals surface area contributed by atoms with Crippen LogP contribution in [0.3, 0.4) is 0 Å². The Kier molecular flexibility index (Phi) is 6.48. The summed E-state index contributed by atoms with van der Waals surface area (Å²) in [6, 6.07) is 11.3. The van der Waals surface area contributed by atoms with Crippen molar-refractivity contribution in [3.05, 3.63) is 65.5 Å². The molecule has 0 aliphatic carbocycles. The molecule has 2 heterocycles. The van der Waals surface area contributed by atoms with Crippen molar-refractivity contribution in [2.45, 2.75) is 45.4 Å². The number of aryl methyl sites for hydroxylation is 2. The molecule has 0 radical (unpaired) electrons. The van der Waals surface area contributed by atoms with Gasteiger partial charge in [-0.2, -0.15) is 9.90 Å². The Hall–Kier alpha value is -3.62. The Morgan fingerprint density at radius 1 is 1.03 bits per heavy atom. The zero-order valence-corrected chi connectivity index (χ0v) is 19.5. The Morgan fingerprint density at radius 3 is 2.48 bits per heavy atom. The number of halogens is 1. The molecule has 4 rings (SSSR count). The molecular formula is C24H28FN7O. The fourth-order valence-electron chi connectivity index (χ4n) is 3.93. The lowest BCUT2D eigenvalue weighted by Gasteiger charge is -2.17. The van der Waals surface area contributed by atoms with E-state index in [1.54, 1.807) is 32.6 Å². The van der Waals surface area contributed by atoms with Gasteiger partial charge < -0.3 is 4.74 Å². The van der Waals surface area contributed by atoms with Gasteiger partial charge in [0.2, 0.25) is 5.82 Å². The summed E-state index contributed by atoms with van der Waals surface area (Å²) in [7, 11) is 3.38. The molecule has 0 spiro atoms. The van der Waals surface area contributed by atoms with Crippen LogP contribution >= 0.6 is 0 Å². The molecule has 2 aromatic heterocycles. The van der Waals surface area contributed by atoms with Crippen LogP contribution in [0, 0.1) is 5.82 Å². The Morgan fingerprint density at radius 2 is 1.79 bits per heavy atom. The predicted molar refractivity (Wildman–Crippen MR) is 123 cm³/mol. The first kappa shape index (κ1) is 22.6. The van der Waals surface area contributed by atoms with Gasteiger partial charge in [-0.3, -0.25) is 0 Å². The van der Waals surface area contributed by atoms with Crippen LogP contribution in [0.15, 0.2) is 42.7 Å². The molecule has 2 aromatic carbocycles. The average Bonchev–Trinajstić information content (AvgIpc) is 3.46. The van der Waals surface area contributed by atoms with Crippen LogP contribution < -0.4 is 4.74 Å². The number of methoxy groups -OCH3 is 1. The first-order valence-electron chi connectivity index (χ1n) is 11.0. The predicted octanol–water partition coefficient (Wildman–Crippen LogP) is 4.47. The molecule has 8 nitrogen and oxygen atoms in total. The van der Waals surface area contributed by atoms with Crippen molar-refractivity contribution in [3.8, 4) is 22.8 Å². The standard InChI is InChI=1S/C24H28FN7O/c1-15(2)17-8-7-11-20(22(17)25)32-14-26-21(28-32)13-12-16(3)18-9-6-10-19(23(18)33-5)24-27-30-31(4)29-24/h6-11,14-16H,12-13H2,1-5H3. The highest BCUT2D eigenvalue weighted by Gasteiger charge is 2.19.